The lowest BCUT2D eigenvalue weighted by Gasteiger charge is -2.13. The van der Waals surface area contributed by atoms with Crippen LogP contribution >= 0.6 is 0 Å². The number of hydrogen-bond acceptors (Lipinski definition) is 1. The summed E-state index contributed by atoms with van der Waals surface area (Å²) in [6, 6.07) is 17.4. The molecule has 0 saturated carbocycles. The normalized spacial score (nSPS) is 15.4. The van der Waals surface area contributed by atoms with E-state index in [9.17, 15) is 0 Å². The quantitative estimate of drug-likeness (QED) is 0.869. The van der Waals surface area contributed by atoms with Crippen molar-refractivity contribution in [1.82, 2.24) is 0 Å². The molecular weight excluding hydrogens is 218 g/mol. The van der Waals surface area contributed by atoms with Gasteiger partial charge in [-0.3, -0.25) is 0 Å². The Bertz CT molecular complexity index is 531. The summed E-state index contributed by atoms with van der Waals surface area (Å²) in [5, 5.41) is 0. The number of nitrogens with two attached hydrogens (primary N) is 1. The third-order valence-corrected chi connectivity index (χ3v) is 3.85. The third kappa shape index (κ3) is 2.32. The number of rotatable bonds is 3. The Morgan fingerprint density at radius 1 is 0.944 bits per heavy atom. The minimum atomic E-state index is 0.110. The van der Waals surface area contributed by atoms with E-state index in [1.54, 1.807) is 0 Å². The molecular formula is C17H19N. The second kappa shape index (κ2) is 4.95. The van der Waals surface area contributed by atoms with Gasteiger partial charge < -0.3 is 5.73 Å². The second-order valence-electron chi connectivity index (χ2n) is 5.18. The molecule has 2 N–H and O–H groups in total. The summed E-state index contributed by atoms with van der Waals surface area (Å²) >= 11 is 0. The first kappa shape index (κ1) is 11.5. The van der Waals surface area contributed by atoms with Crippen molar-refractivity contribution in [1.29, 1.82) is 0 Å². The molecule has 1 atom stereocenters. The zero-order valence-corrected chi connectivity index (χ0v) is 10.6. The first-order valence-electron chi connectivity index (χ1n) is 6.74. The summed E-state index contributed by atoms with van der Waals surface area (Å²) < 4.78 is 0. The zero-order valence-electron chi connectivity index (χ0n) is 10.6. The fourth-order valence-electron chi connectivity index (χ4n) is 2.81. The van der Waals surface area contributed by atoms with Crippen molar-refractivity contribution in [3.05, 3.63) is 70.8 Å². The molecule has 0 spiro atoms. The fraction of sp³-hybridized carbons (Fsp3) is 0.294. The topological polar surface area (TPSA) is 26.0 Å². The lowest BCUT2D eigenvalue weighted by molar-refractivity contribution is 0.720. The monoisotopic (exact) mass is 237 g/mol. The average Bonchev–Trinajstić information content (AvgIpc) is 2.87. The Morgan fingerprint density at radius 2 is 1.72 bits per heavy atom. The molecule has 0 amide bonds. The number of aryl methyl sites for hydroxylation is 2. The molecule has 2 aromatic carbocycles. The Balaban J connectivity index is 1.78. The molecule has 0 bridgehead atoms. The van der Waals surface area contributed by atoms with Crippen LogP contribution in [0.25, 0.3) is 0 Å². The van der Waals surface area contributed by atoms with Crippen molar-refractivity contribution in [3.63, 3.8) is 0 Å². The Morgan fingerprint density at radius 3 is 2.56 bits per heavy atom. The lowest BCUT2D eigenvalue weighted by Crippen LogP contribution is -2.13. The van der Waals surface area contributed by atoms with Gasteiger partial charge >= 0.3 is 0 Å². The molecule has 1 aliphatic carbocycles. The lowest BCUT2D eigenvalue weighted by atomic mass is 9.97. The van der Waals surface area contributed by atoms with Crippen LogP contribution in [0.2, 0.25) is 0 Å². The fourth-order valence-corrected chi connectivity index (χ4v) is 2.81. The standard InChI is InChI=1S/C17H19N/c18-17(11-13-5-2-1-3-6-13)16-10-9-14-7-4-8-15(14)12-16/h1-3,5-6,9-10,12,17H,4,7-8,11,18H2/t17-/m1/s1. The SMILES string of the molecule is N[C@H](Cc1ccccc1)c1ccc2c(c1)CCC2. The van der Waals surface area contributed by atoms with Crippen molar-refractivity contribution >= 4 is 0 Å². The highest BCUT2D eigenvalue weighted by atomic mass is 14.6. The van der Waals surface area contributed by atoms with Crippen molar-refractivity contribution in [3.8, 4) is 0 Å². The van der Waals surface area contributed by atoms with E-state index in [4.69, 9.17) is 5.73 Å². The molecule has 0 fully saturated rings. The van der Waals surface area contributed by atoms with Gasteiger partial charge in [-0.05, 0) is 47.9 Å². The number of fused-ring (bicyclic) bond motifs is 1. The molecule has 0 unspecified atom stereocenters. The van der Waals surface area contributed by atoms with Crippen LogP contribution in [0.15, 0.2) is 48.5 Å². The van der Waals surface area contributed by atoms with Gasteiger partial charge in [0.2, 0.25) is 0 Å². The summed E-state index contributed by atoms with van der Waals surface area (Å²) in [6.45, 7) is 0. The molecule has 3 rings (SSSR count). The molecule has 0 saturated heterocycles. The first-order valence-corrected chi connectivity index (χ1v) is 6.74. The Hall–Kier alpha value is -1.60. The molecule has 0 radical (unpaired) electrons. The molecule has 92 valence electrons. The Labute approximate surface area is 109 Å². The summed E-state index contributed by atoms with van der Waals surface area (Å²) in [5.41, 5.74) is 11.9. The highest BCUT2D eigenvalue weighted by molar-refractivity contribution is 5.37. The van der Waals surface area contributed by atoms with Crippen LogP contribution in [-0.4, -0.2) is 0 Å². The number of hydrogen-bond donors (Lipinski definition) is 1. The van der Waals surface area contributed by atoms with Gasteiger partial charge in [0.1, 0.15) is 0 Å². The van der Waals surface area contributed by atoms with E-state index in [1.165, 1.54) is 41.5 Å². The van der Waals surface area contributed by atoms with Gasteiger partial charge in [0, 0.05) is 6.04 Å². The van der Waals surface area contributed by atoms with Crippen LogP contribution in [-0.2, 0) is 19.3 Å². The molecule has 0 heterocycles. The van der Waals surface area contributed by atoms with Crippen LogP contribution in [0.4, 0.5) is 0 Å². The Kier molecular flexibility index (Phi) is 3.16. The van der Waals surface area contributed by atoms with Crippen molar-refractivity contribution in [2.24, 2.45) is 5.73 Å². The van der Waals surface area contributed by atoms with Crippen LogP contribution in [0.3, 0.4) is 0 Å². The van der Waals surface area contributed by atoms with E-state index in [0.29, 0.717) is 0 Å². The molecule has 1 aliphatic rings. The van der Waals surface area contributed by atoms with E-state index >= 15 is 0 Å². The summed E-state index contributed by atoms with van der Waals surface area (Å²) in [4.78, 5) is 0. The predicted molar refractivity (Wildman–Crippen MR) is 75.5 cm³/mol. The van der Waals surface area contributed by atoms with Crippen LogP contribution in [0, 0.1) is 0 Å². The smallest absolute Gasteiger partial charge is 0.0335 e. The molecule has 18 heavy (non-hydrogen) atoms. The van der Waals surface area contributed by atoms with Crippen LogP contribution in [0.1, 0.15) is 34.7 Å². The van der Waals surface area contributed by atoms with Crippen LogP contribution in [0.5, 0.6) is 0 Å². The van der Waals surface area contributed by atoms with Crippen molar-refractivity contribution in [2.75, 3.05) is 0 Å². The van der Waals surface area contributed by atoms with E-state index < -0.39 is 0 Å². The zero-order chi connectivity index (χ0) is 12.4. The van der Waals surface area contributed by atoms with Crippen molar-refractivity contribution < 1.29 is 0 Å². The van der Waals surface area contributed by atoms with E-state index in [2.05, 4.69) is 42.5 Å². The third-order valence-electron chi connectivity index (χ3n) is 3.85. The minimum Gasteiger partial charge on any atom is -0.324 e. The molecule has 1 heteroatoms. The number of benzene rings is 2. The maximum Gasteiger partial charge on any atom is 0.0335 e. The van der Waals surface area contributed by atoms with Gasteiger partial charge in [0.15, 0.2) is 0 Å². The largest absolute Gasteiger partial charge is 0.324 e. The second-order valence-corrected chi connectivity index (χ2v) is 5.18. The van der Waals surface area contributed by atoms with E-state index in [1.807, 2.05) is 6.07 Å². The van der Waals surface area contributed by atoms with Gasteiger partial charge in [-0.2, -0.15) is 0 Å². The summed E-state index contributed by atoms with van der Waals surface area (Å²) in [6.07, 6.45) is 4.68. The van der Waals surface area contributed by atoms with E-state index in [-0.39, 0.29) is 6.04 Å². The van der Waals surface area contributed by atoms with Gasteiger partial charge in [-0.15, -0.1) is 0 Å². The molecule has 2 aromatic rings. The maximum atomic E-state index is 6.32. The highest BCUT2D eigenvalue weighted by Gasteiger charge is 2.13. The van der Waals surface area contributed by atoms with Gasteiger partial charge in [0.05, 0.1) is 0 Å². The molecule has 0 aliphatic heterocycles. The van der Waals surface area contributed by atoms with Gasteiger partial charge in [0.25, 0.3) is 0 Å². The van der Waals surface area contributed by atoms with Crippen LogP contribution < -0.4 is 5.73 Å². The van der Waals surface area contributed by atoms with E-state index in [0.717, 1.165) is 6.42 Å². The van der Waals surface area contributed by atoms with Crippen molar-refractivity contribution in [2.45, 2.75) is 31.7 Å². The maximum absolute atomic E-state index is 6.32. The predicted octanol–water partition coefficient (Wildman–Crippen LogP) is 3.42. The van der Waals surface area contributed by atoms with Gasteiger partial charge in [-0.25, -0.2) is 0 Å². The first-order chi connectivity index (χ1) is 8.83. The van der Waals surface area contributed by atoms with Gasteiger partial charge in [-0.1, -0.05) is 48.5 Å². The molecule has 1 nitrogen and oxygen atoms in total. The summed E-state index contributed by atoms with van der Waals surface area (Å²) in [5.74, 6) is 0. The molecule has 0 aromatic heterocycles. The average molecular weight is 237 g/mol. The summed E-state index contributed by atoms with van der Waals surface area (Å²) in [7, 11) is 0. The minimum absolute atomic E-state index is 0.110. The highest BCUT2D eigenvalue weighted by Crippen LogP contribution is 2.25.